The molecule has 1 fully saturated rings. The van der Waals surface area contributed by atoms with Crippen LogP contribution in [0, 0.1) is 0 Å². The van der Waals surface area contributed by atoms with Gasteiger partial charge in [-0.3, -0.25) is 9.48 Å². The van der Waals surface area contributed by atoms with Crippen molar-refractivity contribution in [3.63, 3.8) is 0 Å². The smallest absolute Gasteiger partial charge is 0.240 e. The van der Waals surface area contributed by atoms with Gasteiger partial charge in [-0.2, -0.15) is 5.10 Å². The number of hydrogen-bond donors (Lipinski definition) is 2. The van der Waals surface area contributed by atoms with Gasteiger partial charge >= 0.3 is 0 Å². The van der Waals surface area contributed by atoms with Crippen molar-refractivity contribution < 1.29 is 4.79 Å². The zero-order valence-corrected chi connectivity index (χ0v) is 11.9. The zero-order chi connectivity index (χ0) is 13.7. The second-order valence-electron chi connectivity index (χ2n) is 5.31. The first kappa shape index (κ1) is 14.1. The predicted octanol–water partition coefficient (Wildman–Crippen LogP) is 1.00. The summed E-state index contributed by atoms with van der Waals surface area (Å²) < 4.78 is 1.85. The number of rotatable bonds is 6. The Labute approximate surface area is 114 Å². The normalized spacial score (nSPS) is 22.6. The minimum atomic E-state index is -0.318. The maximum absolute atomic E-state index is 12.4. The highest BCUT2D eigenvalue weighted by Crippen LogP contribution is 2.24. The zero-order valence-electron chi connectivity index (χ0n) is 11.9. The molecule has 0 aromatic carbocycles. The van der Waals surface area contributed by atoms with Crippen LogP contribution in [0.15, 0.2) is 12.3 Å². The van der Waals surface area contributed by atoms with Crippen LogP contribution >= 0.6 is 0 Å². The van der Waals surface area contributed by atoms with E-state index in [0.717, 1.165) is 44.3 Å². The third kappa shape index (κ3) is 3.15. The number of hydrogen-bond acceptors (Lipinski definition) is 3. The fraction of sp³-hybridized carbons (Fsp3) is 0.714. The van der Waals surface area contributed by atoms with E-state index in [4.69, 9.17) is 0 Å². The van der Waals surface area contributed by atoms with Crippen LogP contribution < -0.4 is 10.6 Å². The van der Waals surface area contributed by atoms with E-state index in [1.807, 2.05) is 17.8 Å². The Hall–Kier alpha value is -1.36. The first-order chi connectivity index (χ1) is 9.18. The molecule has 5 nitrogen and oxygen atoms in total. The van der Waals surface area contributed by atoms with E-state index in [0.29, 0.717) is 6.54 Å². The second-order valence-corrected chi connectivity index (χ2v) is 5.31. The number of aryl methyl sites for hydroxylation is 1. The number of amides is 1. The third-order valence-corrected chi connectivity index (χ3v) is 3.94. The number of carbonyl (C=O) groups is 1. The lowest BCUT2D eigenvalue weighted by atomic mass is 9.91. The summed E-state index contributed by atoms with van der Waals surface area (Å²) in [5.41, 5.74) is 0.825. The summed E-state index contributed by atoms with van der Waals surface area (Å²) in [5.74, 6) is 0.161. The highest BCUT2D eigenvalue weighted by atomic mass is 16.2. The molecular weight excluding hydrogens is 240 g/mol. The molecule has 2 rings (SSSR count). The Kier molecular flexibility index (Phi) is 4.58. The standard InChI is InChI=1S/C14H24N4O/c1-3-7-14(8-4-9-16-14)13(19)15-10-5-12-6-11-17-18(12)2/h6,11,16H,3-5,7-10H2,1-2H3,(H,15,19). The van der Waals surface area contributed by atoms with Crippen molar-refractivity contribution in [2.24, 2.45) is 7.05 Å². The van der Waals surface area contributed by atoms with Crippen molar-refractivity contribution >= 4 is 5.91 Å². The van der Waals surface area contributed by atoms with Gasteiger partial charge in [0.15, 0.2) is 0 Å². The lowest BCUT2D eigenvalue weighted by molar-refractivity contribution is -0.127. The summed E-state index contributed by atoms with van der Waals surface area (Å²) in [6.45, 7) is 3.76. The molecular formula is C14H24N4O. The maximum Gasteiger partial charge on any atom is 0.240 e. The second kappa shape index (κ2) is 6.19. The number of nitrogens with one attached hydrogen (secondary N) is 2. The van der Waals surface area contributed by atoms with E-state index in [-0.39, 0.29) is 11.4 Å². The van der Waals surface area contributed by atoms with Crippen LogP contribution in [0.5, 0.6) is 0 Å². The van der Waals surface area contributed by atoms with Gasteiger partial charge in [0.05, 0.1) is 5.54 Å². The average molecular weight is 264 g/mol. The number of aromatic nitrogens is 2. The van der Waals surface area contributed by atoms with Gasteiger partial charge in [0.2, 0.25) is 5.91 Å². The van der Waals surface area contributed by atoms with Gasteiger partial charge < -0.3 is 10.6 Å². The Morgan fingerprint density at radius 3 is 3.05 bits per heavy atom. The highest BCUT2D eigenvalue weighted by Gasteiger charge is 2.39. The molecule has 1 atom stereocenters. The fourth-order valence-corrected chi connectivity index (χ4v) is 2.87. The monoisotopic (exact) mass is 264 g/mol. The first-order valence-corrected chi connectivity index (χ1v) is 7.18. The van der Waals surface area contributed by atoms with Crippen LogP contribution in [-0.2, 0) is 18.3 Å². The Morgan fingerprint density at radius 1 is 1.63 bits per heavy atom. The van der Waals surface area contributed by atoms with Crippen LogP contribution in [0.25, 0.3) is 0 Å². The maximum atomic E-state index is 12.4. The molecule has 0 spiro atoms. The molecule has 0 aliphatic carbocycles. The van der Waals surface area contributed by atoms with Crippen LogP contribution in [0.2, 0.25) is 0 Å². The molecule has 1 unspecified atom stereocenters. The highest BCUT2D eigenvalue weighted by molar-refractivity contribution is 5.86. The predicted molar refractivity (Wildman–Crippen MR) is 74.8 cm³/mol. The molecule has 1 aliphatic heterocycles. The van der Waals surface area contributed by atoms with E-state index in [1.54, 1.807) is 6.20 Å². The topological polar surface area (TPSA) is 59.0 Å². The third-order valence-electron chi connectivity index (χ3n) is 3.94. The van der Waals surface area contributed by atoms with Crippen molar-refractivity contribution in [2.75, 3.05) is 13.1 Å². The minimum Gasteiger partial charge on any atom is -0.354 e. The molecule has 1 aromatic rings. The van der Waals surface area contributed by atoms with E-state index in [2.05, 4.69) is 22.7 Å². The van der Waals surface area contributed by atoms with Crippen LogP contribution in [0.4, 0.5) is 0 Å². The van der Waals surface area contributed by atoms with Gasteiger partial charge in [-0.15, -0.1) is 0 Å². The van der Waals surface area contributed by atoms with E-state index in [9.17, 15) is 4.79 Å². The molecule has 0 bridgehead atoms. The van der Waals surface area contributed by atoms with Crippen molar-refractivity contribution in [1.82, 2.24) is 20.4 Å². The number of carbonyl (C=O) groups excluding carboxylic acids is 1. The SMILES string of the molecule is CCCC1(C(=O)NCCc2ccnn2C)CCCN1. The van der Waals surface area contributed by atoms with Gasteiger partial charge in [0.1, 0.15) is 0 Å². The van der Waals surface area contributed by atoms with Crippen molar-refractivity contribution in [3.05, 3.63) is 18.0 Å². The molecule has 1 saturated heterocycles. The summed E-state index contributed by atoms with van der Waals surface area (Å²) in [6.07, 6.45) is 6.61. The van der Waals surface area contributed by atoms with Gasteiger partial charge in [0.25, 0.3) is 0 Å². The molecule has 1 aliphatic rings. The van der Waals surface area contributed by atoms with E-state index in [1.165, 1.54) is 0 Å². The Balaban J connectivity index is 1.84. The molecule has 0 saturated carbocycles. The van der Waals surface area contributed by atoms with Crippen molar-refractivity contribution in [2.45, 2.75) is 44.6 Å². The average Bonchev–Trinajstić information content (AvgIpc) is 3.01. The number of nitrogens with zero attached hydrogens (tertiary/aromatic N) is 2. The van der Waals surface area contributed by atoms with Gasteiger partial charge in [0, 0.05) is 31.9 Å². The van der Waals surface area contributed by atoms with Crippen molar-refractivity contribution in [1.29, 1.82) is 0 Å². The first-order valence-electron chi connectivity index (χ1n) is 7.18. The lowest BCUT2D eigenvalue weighted by Gasteiger charge is -2.27. The molecule has 1 aromatic heterocycles. The van der Waals surface area contributed by atoms with Crippen LogP contribution in [0.1, 0.15) is 38.3 Å². The summed E-state index contributed by atoms with van der Waals surface area (Å²) >= 11 is 0. The van der Waals surface area contributed by atoms with Crippen LogP contribution in [-0.4, -0.2) is 34.3 Å². The van der Waals surface area contributed by atoms with E-state index >= 15 is 0 Å². The van der Waals surface area contributed by atoms with Crippen LogP contribution in [0.3, 0.4) is 0 Å². The van der Waals surface area contributed by atoms with Gasteiger partial charge in [-0.25, -0.2) is 0 Å². The Bertz CT molecular complexity index is 421. The molecule has 19 heavy (non-hydrogen) atoms. The Morgan fingerprint density at radius 2 is 2.47 bits per heavy atom. The molecule has 1 amide bonds. The van der Waals surface area contributed by atoms with Gasteiger partial charge in [-0.1, -0.05) is 13.3 Å². The largest absolute Gasteiger partial charge is 0.354 e. The summed E-state index contributed by atoms with van der Waals surface area (Å²) in [4.78, 5) is 12.4. The summed E-state index contributed by atoms with van der Waals surface area (Å²) in [6, 6.07) is 1.99. The molecule has 2 heterocycles. The molecule has 0 radical (unpaired) electrons. The molecule has 5 heteroatoms. The lowest BCUT2D eigenvalue weighted by Crippen LogP contribution is -2.53. The summed E-state index contributed by atoms with van der Waals surface area (Å²) in [7, 11) is 1.92. The van der Waals surface area contributed by atoms with Crippen molar-refractivity contribution in [3.8, 4) is 0 Å². The quantitative estimate of drug-likeness (QED) is 0.806. The van der Waals surface area contributed by atoms with Gasteiger partial charge in [-0.05, 0) is 31.9 Å². The minimum absolute atomic E-state index is 0.161. The molecule has 106 valence electrons. The summed E-state index contributed by atoms with van der Waals surface area (Å²) in [5, 5.41) is 10.6. The molecule has 2 N–H and O–H groups in total. The van der Waals surface area contributed by atoms with E-state index < -0.39 is 0 Å². The fourth-order valence-electron chi connectivity index (χ4n) is 2.87.